The molecule has 0 unspecified atom stereocenters. The first-order chi connectivity index (χ1) is 7.93. The van der Waals surface area contributed by atoms with E-state index in [9.17, 15) is 0 Å². The number of hydrogen-bond donors (Lipinski definition) is 1. The maximum Gasteiger partial charge on any atom is 0.0964 e. The minimum Gasteiger partial charge on any atom is -0.372 e. The van der Waals surface area contributed by atoms with Crippen LogP contribution in [0.2, 0.25) is 0 Å². The molecule has 0 saturated heterocycles. The summed E-state index contributed by atoms with van der Waals surface area (Å²) in [5.74, 6) is 1.25. The fraction of sp³-hybridized carbons (Fsp3) is 0.929. The molecule has 2 nitrogen and oxygen atoms in total. The van der Waals surface area contributed by atoms with Crippen LogP contribution in [0.4, 0.5) is 0 Å². The number of amidine groups is 1. The SMILES string of the molecule is CCCCCCCCCCCC1=NCCN1.Cl. The maximum absolute atomic E-state index is 4.41. The Morgan fingerprint density at radius 3 is 2.06 bits per heavy atom. The Balaban J connectivity index is 0.00000256. The molecule has 1 aliphatic rings. The fourth-order valence-corrected chi connectivity index (χ4v) is 2.22. The molecule has 1 heterocycles. The van der Waals surface area contributed by atoms with Gasteiger partial charge in [-0.25, -0.2) is 0 Å². The van der Waals surface area contributed by atoms with E-state index < -0.39 is 0 Å². The Labute approximate surface area is 113 Å². The van der Waals surface area contributed by atoms with Gasteiger partial charge in [0, 0.05) is 13.0 Å². The third-order valence-corrected chi connectivity index (χ3v) is 3.26. The second kappa shape index (κ2) is 12.2. The van der Waals surface area contributed by atoms with Crippen LogP contribution in [0.1, 0.15) is 71.1 Å². The van der Waals surface area contributed by atoms with Crippen molar-refractivity contribution in [1.29, 1.82) is 0 Å². The third kappa shape index (κ3) is 9.46. The van der Waals surface area contributed by atoms with Gasteiger partial charge in [-0.3, -0.25) is 4.99 Å². The van der Waals surface area contributed by atoms with Gasteiger partial charge in [0.25, 0.3) is 0 Å². The second-order valence-corrected chi connectivity index (χ2v) is 4.83. The highest BCUT2D eigenvalue weighted by Crippen LogP contribution is 2.10. The van der Waals surface area contributed by atoms with Crippen molar-refractivity contribution in [1.82, 2.24) is 5.32 Å². The number of nitrogens with one attached hydrogen (secondary N) is 1. The topological polar surface area (TPSA) is 24.4 Å². The van der Waals surface area contributed by atoms with Crippen LogP contribution in [0.25, 0.3) is 0 Å². The van der Waals surface area contributed by atoms with Gasteiger partial charge in [0.2, 0.25) is 0 Å². The maximum atomic E-state index is 4.41. The lowest BCUT2D eigenvalue weighted by atomic mass is 10.1. The summed E-state index contributed by atoms with van der Waals surface area (Å²) in [6.07, 6.45) is 13.8. The molecule has 0 bridgehead atoms. The molecule has 0 spiro atoms. The summed E-state index contributed by atoms with van der Waals surface area (Å²) in [5.41, 5.74) is 0. The van der Waals surface area contributed by atoms with Gasteiger partial charge in [-0.1, -0.05) is 58.3 Å². The van der Waals surface area contributed by atoms with E-state index in [1.807, 2.05) is 0 Å². The van der Waals surface area contributed by atoms with Crippen molar-refractivity contribution < 1.29 is 0 Å². The fourth-order valence-electron chi connectivity index (χ4n) is 2.22. The van der Waals surface area contributed by atoms with Crippen LogP contribution in [-0.2, 0) is 0 Å². The van der Waals surface area contributed by atoms with Crippen molar-refractivity contribution in [3.63, 3.8) is 0 Å². The molecule has 3 heteroatoms. The van der Waals surface area contributed by atoms with Crippen LogP contribution in [-0.4, -0.2) is 18.9 Å². The highest BCUT2D eigenvalue weighted by molar-refractivity contribution is 5.85. The zero-order valence-electron chi connectivity index (χ0n) is 11.3. The average Bonchev–Trinajstić information content (AvgIpc) is 2.80. The highest BCUT2D eigenvalue weighted by Gasteiger charge is 2.03. The average molecular weight is 261 g/mol. The predicted octanol–water partition coefficient (Wildman–Crippen LogP) is 4.33. The number of rotatable bonds is 10. The molecule has 0 atom stereocenters. The van der Waals surface area contributed by atoms with E-state index in [4.69, 9.17) is 0 Å². The zero-order chi connectivity index (χ0) is 11.5. The minimum atomic E-state index is 0. The van der Waals surface area contributed by atoms with Crippen LogP contribution in [0, 0.1) is 0 Å². The van der Waals surface area contributed by atoms with Gasteiger partial charge < -0.3 is 5.32 Å². The van der Waals surface area contributed by atoms with Gasteiger partial charge in [0.15, 0.2) is 0 Å². The van der Waals surface area contributed by atoms with Crippen LogP contribution in [0.15, 0.2) is 4.99 Å². The summed E-state index contributed by atoms with van der Waals surface area (Å²) in [6.45, 7) is 4.33. The standard InChI is InChI=1S/C14H28N2.ClH/c1-2-3-4-5-6-7-8-9-10-11-14-15-12-13-16-14;/h2-13H2,1H3,(H,15,16);1H. The minimum absolute atomic E-state index is 0. The molecule has 1 rings (SSSR count). The van der Waals surface area contributed by atoms with E-state index in [-0.39, 0.29) is 12.4 Å². The van der Waals surface area contributed by atoms with Gasteiger partial charge in [0.1, 0.15) is 0 Å². The second-order valence-electron chi connectivity index (χ2n) is 4.83. The lowest BCUT2D eigenvalue weighted by Crippen LogP contribution is -2.17. The number of aliphatic imine (C=N–C) groups is 1. The summed E-state index contributed by atoms with van der Waals surface area (Å²) in [7, 11) is 0. The highest BCUT2D eigenvalue weighted by atomic mass is 35.5. The van der Waals surface area contributed by atoms with E-state index in [1.165, 1.54) is 70.0 Å². The molecule has 0 amide bonds. The van der Waals surface area contributed by atoms with Crippen molar-refractivity contribution in [2.45, 2.75) is 71.1 Å². The normalized spacial score (nSPS) is 14.1. The molecule has 0 radical (unpaired) electrons. The first-order valence-corrected chi connectivity index (χ1v) is 7.20. The molecule has 102 valence electrons. The van der Waals surface area contributed by atoms with Crippen LogP contribution >= 0.6 is 12.4 Å². The number of hydrogen-bond acceptors (Lipinski definition) is 2. The summed E-state index contributed by atoms with van der Waals surface area (Å²) in [4.78, 5) is 4.41. The molecule has 0 aliphatic carbocycles. The van der Waals surface area contributed by atoms with Gasteiger partial charge >= 0.3 is 0 Å². The monoisotopic (exact) mass is 260 g/mol. The summed E-state index contributed by atoms with van der Waals surface area (Å²) >= 11 is 0. The number of unbranched alkanes of at least 4 members (excludes halogenated alkanes) is 8. The number of nitrogens with zero attached hydrogens (tertiary/aromatic N) is 1. The zero-order valence-corrected chi connectivity index (χ0v) is 12.2. The molecule has 0 fully saturated rings. The smallest absolute Gasteiger partial charge is 0.0964 e. The van der Waals surface area contributed by atoms with Gasteiger partial charge in [-0.15, -0.1) is 12.4 Å². The van der Waals surface area contributed by atoms with Crippen molar-refractivity contribution in [2.75, 3.05) is 13.1 Å². The molecular weight excluding hydrogens is 232 g/mol. The molecule has 1 aliphatic heterocycles. The van der Waals surface area contributed by atoms with Crippen LogP contribution < -0.4 is 5.32 Å². The van der Waals surface area contributed by atoms with Crippen molar-refractivity contribution in [2.24, 2.45) is 4.99 Å². The third-order valence-electron chi connectivity index (χ3n) is 3.26. The Kier molecular flexibility index (Phi) is 12.1. The Morgan fingerprint density at radius 2 is 1.53 bits per heavy atom. The van der Waals surface area contributed by atoms with Gasteiger partial charge in [-0.2, -0.15) is 0 Å². The first-order valence-electron chi connectivity index (χ1n) is 7.20. The van der Waals surface area contributed by atoms with E-state index in [0.717, 1.165) is 13.1 Å². The lowest BCUT2D eigenvalue weighted by molar-refractivity contribution is 0.568. The molecule has 0 aromatic heterocycles. The molecule has 0 saturated carbocycles. The Morgan fingerprint density at radius 1 is 0.941 bits per heavy atom. The molecule has 17 heavy (non-hydrogen) atoms. The van der Waals surface area contributed by atoms with Crippen LogP contribution in [0.5, 0.6) is 0 Å². The molecule has 0 aromatic carbocycles. The molecule has 1 N–H and O–H groups in total. The summed E-state index contributed by atoms with van der Waals surface area (Å²) < 4.78 is 0. The predicted molar refractivity (Wildman–Crippen MR) is 79.4 cm³/mol. The van der Waals surface area contributed by atoms with Crippen LogP contribution in [0.3, 0.4) is 0 Å². The summed E-state index contributed by atoms with van der Waals surface area (Å²) in [6, 6.07) is 0. The van der Waals surface area contributed by atoms with E-state index in [1.54, 1.807) is 0 Å². The van der Waals surface area contributed by atoms with Gasteiger partial charge in [0.05, 0.1) is 12.4 Å². The van der Waals surface area contributed by atoms with E-state index in [2.05, 4.69) is 17.2 Å². The van der Waals surface area contributed by atoms with E-state index in [0.29, 0.717) is 0 Å². The van der Waals surface area contributed by atoms with E-state index >= 15 is 0 Å². The Bertz CT molecular complexity index is 193. The largest absolute Gasteiger partial charge is 0.372 e. The van der Waals surface area contributed by atoms with Crippen molar-refractivity contribution in [3.8, 4) is 0 Å². The lowest BCUT2D eigenvalue weighted by Gasteiger charge is -2.03. The molecule has 0 aromatic rings. The van der Waals surface area contributed by atoms with Crippen molar-refractivity contribution >= 4 is 18.2 Å². The van der Waals surface area contributed by atoms with Crippen molar-refractivity contribution in [3.05, 3.63) is 0 Å². The molecular formula is C14H29ClN2. The Hall–Kier alpha value is -0.240. The van der Waals surface area contributed by atoms with Gasteiger partial charge in [-0.05, 0) is 6.42 Å². The number of halogens is 1. The quantitative estimate of drug-likeness (QED) is 0.581. The first kappa shape index (κ1) is 16.8. The summed E-state index contributed by atoms with van der Waals surface area (Å²) in [5, 5.41) is 3.33.